The number of aryl methyl sites for hydroxylation is 2. The van der Waals surface area contributed by atoms with Crippen molar-refractivity contribution in [3.05, 3.63) is 107 Å². The summed E-state index contributed by atoms with van der Waals surface area (Å²) in [6.07, 6.45) is 13.9. The van der Waals surface area contributed by atoms with Crippen LogP contribution in [-0.4, -0.2) is 86.4 Å². The number of fused-ring (bicyclic) bond motifs is 2. The number of unbranched alkanes of at least 4 members (excludes halogenated alkanes) is 6. The molecule has 0 bridgehead atoms. The maximum atomic E-state index is 14.1. The summed E-state index contributed by atoms with van der Waals surface area (Å²) in [6, 6.07) is 22.6. The highest BCUT2D eigenvalue weighted by Gasteiger charge is 2.45. The van der Waals surface area contributed by atoms with E-state index in [1.807, 2.05) is 88.7 Å². The molecule has 71 heavy (non-hydrogen) atoms. The number of nitrogens with zero attached hydrogens (tertiary/aromatic N) is 6. The number of anilines is 5. The maximum Gasteiger partial charge on any atom is 0.260 e. The highest BCUT2D eigenvalue weighted by atomic mass is 32.1. The first-order chi connectivity index (χ1) is 34.2. The van der Waals surface area contributed by atoms with Gasteiger partial charge in [0.1, 0.15) is 17.8 Å². The van der Waals surface area contributed by atoms with Gasteiger partial charge < -0.3 is 35.8 Å². The third-order valence-corrected chi connectivity index (χ3v) is 15.3. The number of aliphatic hydroxyl groups excluding tert-OH is 1. The van der Waals surface area contributed by atoms with Crippen LogP contribution in [-0.2, 0) is 20.8 Å². The van der Waals surface area contributed by atoms with E-state index < -0.39 is 23.6 Å². The second kappa shape index (κ2) is 22.9. The number of rotatable bonds is 19. The van der Waals surface area contributed by atoms with Crippen LogP contribution in [0.3, 0.4) is 0 Å². The van der Waals surface area contributed by atoms with Crippen molar-refractivity contribution in [3.8, 4) is 10.4 Å². The molecule has 4 amide bonds. The van der Waals surface area contributed by atoms with Gasteiger partial charge >= 0.3 is 0 Å². The molecule has 2 aliphatic heterocycles. The third kappa shape index (κ3) is 12.3. The zero-order chi connectivity index (χ0) is 50.2. The predicted molar refractivity (Wildman–Crippen MR) is 282 cm³/mol. The van der Waals surface area contributed by atoms with Crippen molar-refractivity contribution in [2.75, 3.05) is 28.7 Å². The summed E-state index contributed by atoms with van der Waals surface area (Å²) in [5.74, 6) is 0.322. The highest BCUT2D eigenvalue weighted by molar-refractivity contribution is 7.13. The van der Waals surface area contributed by atoms with Crippen LogP contribution in [0.25, 0.3) is 10.4 Å². The second-order valence-electron chi connectivity index (χ2n) is 20.8. The fraction of sp³-hybridized carbons (Fsp3) is 0.482. The molecule has 14 nitrogen and oxygen atoms in total. The molecule has 1 saturated heterocycles. The number of carbonyl (C=O) groups excluding carboxylic acids is 4. The van der Waals surface area contributed by atoms with Crippen molar-refractivity contribution in [2.24, 2.45) is 5.41 Å². The third-order valence-electron chi connectivity index (χ3n) is 14.4. The van der Waals surface area contributed by atoms with Gasteiger partial charge in [-0.2, -0.15) is 4.98 Å². The molecule has 3 aliphatic rings. The van der Waals surface area contributed by atoms with Crippen molar-refractivity contribution in [2.45, 2.75) is 155 Å². The van der Waals surface area contributed by atoms with Crippen LogP contribution in [0.2, 0.25) is 0 Å². The van der Waals surface area contributed by atoms with Crippen LogP contribution in [0.4, 0.5) is 28.8 Å². The van der Waals surface area contributed by atoms with E-state index in [4.69, 9.17) is 4.98 Å². The molecule has 3 aromatic carbocycles. The topological polar surface area (TPSA) is 173 Å². The normalized spacial score (nSPS) is 17.9. The van der Waals surface area contributed by atoms with Crippen molar-refractivity contribution in [1.29, 1.82) is 0 Å². The number of likely N-dealkylation sites (tertiary alicyclic amines) is 1. The largest absolute Gasteiger partial charge is 0.391 e. The minimum atomic E-state index is -0.848. The van der Waals surface area contributed by atoms with E-state index in [-0.39, 0.29) is 48.7 Å². The van der Waals surface area contributed by atoms with Gasteiger partial charge in [-0.3, -0.25) is 19.2 Å². The molecule has 4 heterocycles. The Morgan fingerprint density at radius 3 is 2.24 bits per heavy atom. The number of carbonyl (C=O) groups is 4. The summed E-state index contributed by atoms with van der Waals surface area (Å²) in [4.78, 5) is 75.1. The number of thiazole rings is 1. The zero-order valence-electron chi connectivity index (χ0n) is 42.2. The first-order valence-corrected chi connectivity index (χ1v) is 26.5. The summed E-state index contributed by atoms with van der Waals surface area (Å²) in [5.41, 5.74) is 8.64. The van der Waals surface area contributed by atoms with Gasteiger partial charge in [-0.15, -0.1) is 11.3 Å². The number of hydrogen-bond donors (Lipinski definition) is 4. The van der Waals surface area contributed by atoms with E-state index in [9.17, 15) is 24.3 Å². The lowest BCUT2D eigenvalue weighted by molar-refractivity contribution is -0.144. The number of para-hydroxylation sites is 1. The minimum absolute atomic E-state index is 0.0346. The second-order valence-corrected chi connectivity index (χ2v) is 21.6. The number of benzene rings is 3. The molecule has 4 N–H and O–H groups in total. The number of aromatic nitrogens is 3. The predicted octanol–water partition coefficient (Wildman–Crippen LogP) is 10.4. The van der Waals surface area contributed by atoms with Crippen LogP contribution in [0.5, 0.6) is 0 Å². The van der Waals surface area contributed by atoms with Crippen LogP contribution in [0, 0.1) is 12.3 Å². The molecule has 1 aliphatic carbocycles. The van der Waals surface area contributed by atoms with Gasteiger partial charge in [0.25, 0.3) is 5.91 Å². The average Bonchev–Trinajstić information content (AvgIpc) is 4.14. The Kier molecular flexibility index (Phi) is 16.5. The Morgan fingerprint density at radius 1 is 0.859 bits per heavy atom. The van der Waals surface area contributed by atoms with Gasteiger partial charge in [0.05, 0.1) is 45.7 Å². The minimum Gasteiger partial charge on any atom is -0.391 e. The van der Waals surface area contributed by atoms with Crippen LogP contribution in [0.1, 0.15) is 144 Å². The lowest BCUT2D eigenvalue weighted by Crippen LogP contribution is -2.57. The Hall–Kier alpha value is -6.19. The van der Waals surface area contributed by atoms with Gasteiger partial charge in [0.2, 0.25) is 23.7 Å². The monoisotopic (exact) mass is 982 g/mol. The van der Waals surface area contributed by atoms with Gasteiger partial charge in [-0.25, -0.2) is 9.97 Å². The SMILES string of the molecule is Cc1ncsc1-c1ccc([C@H](C)NC(=O)[C@@H]2C[C@@H](O)CN2C(=O)[C@@H](NC(=O)CCCCCCCCCc2ccc(Nc3ncc4c(n3)N(C3CCCC3)c3ccccc3C(=O)N4C)cc2)C(C)(C)C)cc1. The number of hydrogen-bond acceptors (Lipinski definition) is 11. The number of nitrogens with one attached hydrogen (secondary N) is 3. The summed E-state index contributed by atoms with van der Waals surface area (Å²) in [7, 11) is 1.79. The van der Waals surface area contributed by atoms with Gasteiger partial charge in [0, 0.05) is 38.2 Å². The van der Waals surface area contributed by atoms with Crippen LogP contribution in [0.15, 0.2) is 84.5 Å². The molecule has 0 radical (unpaired) electrons. The molecule has 0 unspecified atom stereocenters. The van der Waals surface area contributed by atoms with Crippen molar-refractivity contribution < 1.29 is 24.3 Å². The molecule has 4 atom stereocenters. The van der Waals surface area contributed by atoms with Crippen molar-refractivity contribution in [3.63, 3.8) is 0 Å². The number of β-amino-alcohol motifs (C(OH)–C–C–N with tert-alkyl or cyclic N) is 1. The summed E-state index contributed by atoms with van der Waals surface area (Å²) in [5, 5.41) is 20.1. The zero-order valence-corrected chi connectivity index (χ0v) is 43.1. The molecule has 376 valence electrons. The Bertz CT molecular complexity index is 2640. The standard InChI is InChI=1S/C56H71N9O5S/c1-36(39-26-28-40(29-27-39)49-37(2)58-35-71-49)59-52(68)46-32-43(66)34-64(46)54(70)50(56(3,4)5)61-48(67)23-13-11-9-7-8-10-12-18-38-24-30-41(31-25-38)60-55-57-33-47-51(62-55)65(42-19-14-15-20-42)45-22-17-16-21-44(45)53(69)63(47)6/h16-17,21-22,24-31,33,35-36,42-43,46,50,66H,7-15,18-20,23,32,34H2,1-6H3,(H,59,68)(H,61,67)(H,57,60,62)/t36-,43+,46-,50+/m0/s1. The molecule has 1 saturated carbocycles. The number of aliphatic hydroxyl groups is 1. The fourth-order valence-corrected chi connectivity index (χ4v) is 11.1. The lowest BCUT2D eigenvalue weighted by Gasteiger charge is -2.35. The Balaban J connectivity index is 0.743. The molecule has 2 aromatic heterocycles. The molecule has 15 heteroatoms. The molecule has 2 fully saturated rings. The van der Waals surface area contributed by atoms with Crippen molar-refractivity contribution in [1.82, 2.24) is 30.5 Å². The fourth-order valence-electron chi connectivity index (χ4n) is 10.3. The summed E-state index contributed by atoms with van der Waals surface area (Å²) >= 11 is 1.59. The van der Waals surface area contributed by atoms with E-state index >= 15 is 0 Å². The van der Waals surface area contributed by atoms with Gasteiger partial charge in [-0.1, -0.05) is 114 Å². The first kappa shape index (κ1) is 51.2. The smallest absolute Gasteiger partial charge is 0.260 e. The Labute approximate surface area is 423 Å². The lowest BCUT2D eigenvalue weighted by atomic mass is 9.85. The van der Waals surface area contributed by atoms with E-state index in [1.165, 1.54) is 10.5 Å². The molecular weight excluding hydrogens is 911 g/mol. The molecular formula is C56H71N9O5S. The van der Waals surface area contributed by atoms with E-state index in [0.717, 1.165) is 116 Å². The average molecular weight is 982 g/mol. The van der Waals surface area contributed by atoms with Gasteiger partial charge in [-0.05, 0) is 92.3 Å². The summed E-state index contributed by atoms with van der Waals surface area (Å²) in [6.45, 7) is 9.65. The van der Waals surface area contributed by atoms with Crippen LogP contribution >= 0.6 is 11.3 Å². The molecule has 8 rings (SSSR count). The van der Waals surface area contributed by atoms with Gasteiger partial charge in [0.15, 0.2) is 5.82 Å². The van der Waals surface area contributed by atoms with E-state index in [1.54, 1.807) is 29.5 Å². The first-order valence-electron chi connectivity index (χ1n) is 25.6. The number of amides is 4. The quantitative estimate of drug-likeness (QED) is 0.0584. The van der Waals surface area contributed by atoms with Crippen molar-refractivity contribution >= 4 is 63.8 Å². The Morgan fingerprint density at radius 2 is 1.55 bits per heavy atom. The highest BCUT2D eigenvalue weighted by Crippen LogP contribution is 2.43. The van der Waals surface area contributed by atoms with E-state index in [2.05, 4.69) is 55.1 Å². The summed E-state index contributed by atoms with van der Waals surface area (Å²) < 4.78 is 0. The maximum absolute atomic E-state index is 14.1. The van der Waals surface area contributed by atoms with Crippen LogP contribution < -0.4 is 25.8 Å². The molecule has 0 spiro atoms. The molecule has 5 aromatic rings. The van der Waals surface area contributed by atoms with E-state index in [0.29, 0.717) is 23.6 Å².